The largest absolute Gasteiger partial charge is 0.428 e. The Labute approximate surface area is 354 Å². The predicted octanol–water partition coefficient (Wildman–Crippen LogP) is 3.81. The highest BCUT2D eigenvalue weighted by molar-refractivity contribution is 5.57. The first kappa shape index (κ1) is 47.3. The van der Waals surface area contributed by atoms with E-state index < -0.39 is 40.3 Å². The third-order valence-corrected chi connectivity index (χ3v) is 10.3. The van der Waals surface area contributed by atoms with Gasteiger partial charge in [0.15, 0.2) is 0 Å². The van der Waals surface area contributed by atoms with Gasteiger partial charge in [-0.05, 0) is 88.1 Å². The number of aryl methyl sites for hydroxylation is 2. The van der Waals surface area contributed by atoms with Crippen molar-refractivity contribution in [3.8, 4) is 29.6 Å². The maximum Gasteiger partial charge on any atom is 0.342 e. The van der Waals surface area contributed by atoms with Crippen LogP contribution in [-0.2, 0) is 34.0 Å². The highest BCUT2D eigenvalue weighted by atomic mass is 16.5. The summed E-state index contributed by atoms with van der Waals surface area (Å²) >= 11 is 0. The van der Waals surface area contributed by atoms with E-state index in [4.69, 9.17) is 20.0 Å². The zero-order chi connectivity index (χ0) is 45.2. The predicted molar refractivity (Wildman–Crippen MR) is 224 cm³/mol. The zero-order valence-corrected chi connectivity index (χ0v) is 34.9. The molecular formula is C42H48N10O10. The molecule has 326 valence electrons. The van der Waals surface area contributed by atoms with Gasteiger partial charge in [-0.2, -0.15) is 15.2 Å². The maximum atomic E-state index is 13.9. The molecule has 0 N–H and O–H groups in total. The monoisotopic (exact) mass is 852 g/mol. The fraction of sp³-hybridized carbons (Fsp3) is 0.476. The number of ether oxygens (including phenoxy) is 2. The highest BCUT2D eigenvalue weighted by Gasteiger charge is 2.23. The smallest absolute Gasteiger partial charge is 0.342 e. The molecule has 0 saturated carbocycles. The highest BCUT2D eigenvalue weighted by Crippen LogP contribution is 2.22. The quantitative estimate of drug-likeness (QED) is 0.0422. The van der Waals surface area contributed by atoms with E-state index >= 15 is 0 Å². The van der Waals surface area contributed by atoms with Crippen molar-refractivity contribution in [2.75, 3.05) is 6.61 Å². The molecule has 4 rings (SSSR count). The number of carbonyl (C=O) groups excluding carboxylic acids is 2. The minimum atomic E-state index is -1.24. The average Bonchev–Trinajstić information content (AvgIpc) is 3.24. The molecule has 0 radical (unpaired) electrons. The van der Waals surface area contributed by atoms with Crippen LogP contribution in [-0.4, -0.2) is 46.2 Å². The normalized spacial score (nSPS) is 11.2. The Morgan fingerprint density at radius 1 is 0.613 bits per heavy atom. The van der Waals surface area contributed by atoms with Crippen LogP contribution >= 0.6 is 0 Å². The van der Waals surface area contributed by atoms with Crippen molar-refractivity contribution >= 4 is 17.8 Å². The Hall–Kier alpha value is -7.40. The molecule has 0 fully saturated rings. The molecule has 0 aliphatic carbocycles. The third-order valence-electron chi connectivity index (χ3n) is 10.3. The molecule has 2 aromatic heterocycles. The van der Waals surface area contributed by atoms with Gasteiger partial charge in [-0.3, -0.25) is 0 Å². The summed E-state index contributed by atoms with van der Waals surface area (Å²) in [6, 6.07) is 8.79. The van der Waals surface area contributed by atoms with Gasteiger partial charge in [-0.25, -0.2) is 65.8 Å². The fourth-order valence-corrected chi connectivity index (χ4v) is 6.93. The second-order valence-corrected chi connectivity index (χ2v) is 14.5. The Morgan fingerprint density at radius 3 is 1.71 bits per heavy atom. The van der Waals surface area contributed by atoms with E-state index in [1.165, 1.54) is 36.4 Å². The molecule has 1 unspecified atom stereocenters. The molecular weight excluding hydrogens is 805 g/mol. The van der Waals surface area contributed by atoms with Crippen LogP contribution in [0, 0.1) is 36.9 Å². The van der Waals surface area contributed by atoms with Gasteiger partial charge < -0.3 is 9.47 Å². The van der Waals surface area contributed by atoms with Gasteiger partial charge in [0.25, 0.3) is 12.5 Å². The van der Waals surface area contributed by atoms with Gasteiger partial charge >= 0.3 is 34.1 Å². The summed E-state index contributed by atoms with van der Waals surface area (Å²) in [6.45, 7) is 5.32. The number of unbranched alkanes of at least 4 members (excludes halogenated alkanes) is 8. The van der Waals surface area contributed by atoms with Crippen LogP contribution in [0.1, 0.15) is 101 Å². The van der Waals surface area contributed by atoms with Crippen LogP contribution in [0.3, 0.4) is 0 Å². The first-order chi connectivity index (χ1) is 29.9. The van der Waals surface area contributed by atoms with Gasteiger partial charge in [0.05, 0.1) is 17.1 Å². The summed E-state index contributed by atoms with van der Waals surface area (Å²) in [5.41, 5.74) is -4.14. The Bertz CT molecular complexity index is 2790. The lowest BCUT2D eigenvalue weighted by atomic mass is 10.1. The van der Waals surface area contributed by atoms with Crippen LogP contribution in [0.2, 0.25) is 0 Å². The van der Waals surface area contributed by atoms with Crippen LogP contribution in [0.5, 0.6) is 5.75 Å². The Morgan fingerprint density at radius 2 is 1.16 bits per heavy atom. The number of aliphatic imine (C=N–C) groups is 2. The van der Waals surface area contributed by atoms with Crippen LogP contribution in [0.25, 0.3) is 11.4 Å². The molecule has 20 nitrogen and oxygen atoms in total. The molecule has 0 spiro atoms. The summed E-state index contributed by atoms with van der Waals surface area (Å²) in [5, 5.41) is 17.7. The van der Waals surface area contributed by atoms with Crippen molar-refractivity contribution in [3.63, 3.8) is 0 Å². The van der Waals surface area contributed by atoms with Crippen LogP contribution in [0.4, 0.5) is 5.69 Å². The molecule has 1 atom stereocenters. The summed E-state index contributed by atoms with van der Waals surface area (Å²) in [7, 11) is 0. The van der Waals surface area contributed by atoms with Crippen molar-refractivity contribution in [2.24, 2.45) is 9.98 Å². The van der Waals surface area contributed by atoms with Gasteiger partial charge in [0.2, 0.25) is 12.2 Å². The van der Waals surface area contributed by atoms with Gasteiger partial charge in [-0.1, -0.05) is 51.2 Å². The number of hydrogen-bond donors (Lipinski definition) is 0. The average molecular weight is 853 g/mol. The van der Waals surface area contributed by atoms with E-state index in [1.54, 1.807) is 38.5 Å². The lowest BCUT2D eigenvalue weighted by Gasteiger charge is -2.18. The number of nitriles is 2. The Kier molecular flexibility index (Phi) is 17.8. The standard InChI is InChI=1S/C42H48N10O10/c1-4-5-10-15-36(46-29-54)52-41(59)49(40(58)51(42(52)60)32-18-16-30(2)34(24-32)45-28-53)22-12-7-6-11-20-47-37(55)48(21-13-8-9-14-23-61-26-43)39(57)50(38(47)56)33-19-17-31(3)35(25-33)62-27-44/h16-19,24-25,36H,4-15,20-23H2,1-3H3. The molecule has 0 aliphatic heterocycles. The number of isocyanates is 2. The first-order valence-corrected chi connectivity index (χ1v) is 20.3. The molecule has 2 heterocycles. The van der Waals surface area contributed by atoms with Crippen molar-refractivity contribution < 1.29 is 19.1 Å². The number of hydrogen-bond acceptors (Lipinski definition) is 14. The van der Waals surface area contributed by atoms with Crippen molar-refractivity contribution in [1.82, 2.24) is 27.4 Å². The topological polar surface area (TPSA) is 257 Å². The SMILES string of the molecule is CCCCCC(N=C=O)n1c(=O)n(CCCCCCn2c(=O)n(CCCCCCOC#N)c(=O)n(-c3ccc(C)c(OC#N)c3)c2=O)c(=O)n(-c2ccc(C)c(N=C=O)c2)c1=O. The van der Waals surface area contributed by atoms with Crippen molar-refractivity contribution in [3.05, 3.63) is 110 Å². The fourth-order valence-electron chi connectivity index (χ4n) is 6.93. The Balaban J connectivity index is 1.63. The number of benzene rings is 2. The van der Waals surface area contributed by atoms with Gasteiger partial charge in [0, 0.05) is 25.7 Å². The van der Waals surface area contributed by atoms with Crippen LogP contribution in [0.15, 0.2) is 75.2 Å². The third kappa shape index (κ3) is 11.4. The summed E-state index contributed by atoms with van der Waals surface area (Å²) < 4.78 is 14.9. The lowest BCUT2D eigenvalue weighted by Crippen LogP contribution is -2.54. The van der Waals surface area contributed by atoms with Crippen molar-refractivity contribution in [1.29, 1.82) is 10.5 Å². The van der Waals surface area contributed by atoms with E-state index in [9.17, 15) is 38.4 Å². The molecule has 4 aromatic rings. The van der Waals surface area contributed by atoms with E-state index in [1.807, 2.05) is 6.92 Å². The summed E-state index contributed by atoms with van der Waals surface area (Å²) in [4.78, 5) is 113. The van der Waals surface area contributed by atoms with Crippen LogP contribution < -0.4 is 38.9 Å². The number of aromatic nitrogens is 6. The molecule has 0 saturated heterocycles. The molecule has 0 amide bonds. The minimum Gasteiger partial charge on any atom is -0.428 e. The minimum absolute atomic E-state index is 0.00468. The number of rotatable bonds is 24. The first-order valence-electron chi connectivity index (χ1n) is 20.3. The van der Waals surface area contributed by atoms with Gasteiger partial charge in [-0.15, -0.1) is 5.26 Å². The second kappa shape index (κ2) is 23.4. The lowest BCUT2D eigenvalue weighted by molar-refractivity contribution is 0.260. The van der Waals surface area contributed by atoms with E-state index in [2.05, 4.69) is 9.98 Å². The summed E-state index contributed by atoms with van der Waals surface area (Å²) in [5.74, 6) is 0.126. The van der Waals surface area contributed by atoms with E-state index in [0.717, 1.165) is 40.2 Å². The molecule has 2 aromatic carbocycles. The van der Waals surface area contributed by atoms with Gasteiger partial charge in [0.1, 0.15) is 18.5 Å². The second-order valence-electron chi connectivity index (χ2n) is 14.5. The summed E-state index contributed by atoms with van der Waals surface area (Å²) in [6.07, 6.45) is 10.7. The molecule has 62 heavy (non-hydrogen) atoms. The number of nitrogens with zero attached hydrogens (tertiary/aromatic N) is 10. The van der Waals surface area contributed by atoms with E-state index in [-0.39, 0.29) is 68.3 Å². The maximum absolute atomic E-state index is 13.9. The van der Waals surface area contributed by atoms with Crippen molar-refractivity contribution in [2.45, 2.75) is 124 Å². The zero-order valence-electron chi connectivity index (χ0n) is 34.9. The molecule has 0 bridgehead atoms. The molecule has 20 heteroatoms. The van der Waals surface area contributed by atoms with E-state index in [0.29, 0.717) is 56.1 Å². The molecule has 0 aliphatic rings.